The van der Waals surface area contributed by atoms with Crippen LogP contribution in [0.1, 0.15) is 62.9 Å². The van der Waals surface area contributed by atoms with Gasteiger partial charge in [-0.2, -0.15) is 0 Å². The number of carbonyl (C=O) groups is 1. The Morgan fingerprint density at radius 2 is 2.05 bits per heavy atom. The topological polar surface area (TPSA) is 40.5 Å². The van der Waals surface area contributed by atoms with Crippen molar-refractivity contribution in [1.82, 2.24) is 4.90 Å². The summed E-state index contributed by atoms with van der Waals surface area (Å²) in [5.74, 6) is 0.115. The molecule has 1 aliphatic heterocycles. The van der Waals surface area contributed by atoms with Crippen molar-refractivity contribution in [2.45, 2.75) is 64.5 Å². The maximum Gasteiger partial charge on any atom is 0.254 e. The average molecular weight is 289 g/mol. The van der Waals surface area contributed by atoms with Crippen molar-refractivity contribution >= 4 is 5.91 Å². The maximum absolute atomic E-state index is 13.0. The SMILES string of the molecule is CC(O)CC1CCCN1C(=O)c1ccccc1C(C)(C)C. The number of hydrogen-bond donors (Lipinski definition) is 1. The largest absolute Gasteiger partial charge is 0.393 e. The molecule has 1 aromatic rings. The van der Waals surface area contributed by atoms with E-state index >= 15 is 0 Å². The number of aliphatic hydroxyl groups excluding tert-OH is 1. The van der Waals surface area contributed by atoms with Crippen molar-refractivity contribution in [1.29, 1.82) is 0 Å². The van der Waals surface area contributed by atoms with Gasteiger partial charge in [-0.05, 0) is 43.2 Å². The number of aliphatic hydroxyl groups is 1. The molecule has 1 aliphatic rings. The van der Waals surface area contributed by atoms with E-state index in [9.17, 15) is 9.90 Å². The number of likely N-dealkylation sites (tertiary alicyclic amines) is 1. The Morgan fingerprint density at radius 1 is 1.38 bits per heavy atom. The Bertz CT molecular complexity index is 502. The molecule has 1 N–H and O–H groups in total. The molecule has 0 spiro atoms. The number of benzene rings is 1. The summed E-state index contributed by atoms with van der Waals surface area (Å²) in [6.45, 7) is 9.00. The van der Waals surface area contributed by atoms with Crippen molar-refractivity contribution in [3.05, 3.63) is 35.4 Å². The van der Waals surface area contributed by atoms with Crippen LogP contribution in [-0.2, 0) is 5.41 Å². The number of carbonyl (C=O) groups excluding carboxylic acids is 1. The quantitative estimate of drug-likeness (QED) is 0.927. The zero-order valence-corrected chi connectivity index (χ0v) is 13.6. The smallest absolute Gasteiger partial charge is 0.254 e. The molecule has 0 bridgehead atoms. The van der Waals surface area contributed by atoms with Crippen LogP contribution in [0.5, 0.6) is 0 Å². The third kappa shape index (κ3) is 3.65. The van der Waals surface area contributed by atoms with Gasteiger partial charge in [0.1, 0.15) is 0 Å². The molecule has 2 rings (SSSR count). The standard InChI is InChI=1S/C18H27NO2/c1-13(20)12-14-8-7-11-19(14)17(21)15-9-5-6-10-16(15)18(2,3)4/h5-6,9-10,13-14,20H,7-8,11-12H2,1-4H3. The molecule has 3 nitrogen and oxygen atoms in total. The van der Waals surface area contributed by atoms with Crippen molar-refractivity contribution < 1.29 is 9.90 Å². The lowest BCUT2D eigenvalue weighted by Crippen LogP contribution is -2.38. The molecule has 0 aromatic heterocycles. The van der Waals surface area contributed by atoms with E-state index in [2.05, 4.69) is 20.8 Å². The van der Waals surface area contributed by atoms with E-state index in [4.69, 9.17) is 0 Å². The Balaban J connectivity index is 2.28. The predicted octanol–water partition coefficient (Wildman–Crippen LogP) is 3.36. The molecule has 0 radical (unpaired) electrons. The van der Waals surface area contributed by atoms with Gasteiger partial charge in [0.15, 0.2) is 0 Å². The zero-order valence-electron chi connectivity index (χ0n) is 13.6. The van der Waals surface area contributed by atoms with Crippen LogP contribution < -0.4 is 0 Å². The minimum atomic E-state index is -0.360. The van der Waals surface area contributed by atoms with Crippen LogP contribution in [0.2, 0.25) is 0 Å². The van der Waals surface area contributed by atoms with E-state index in [1.165, 1.54) is 0 Å². The second-order valence-corrected chi connectivity index (χ2v) is 7.17. The molecule has 1 heterocycles. The molecule has 2 atom stereocenters. The molecule has 3 heteroatoms. The number of hydrogen-bond acceptors (Lipinski definition) is 2. The van der Waals surface area contributed by atoms with Crippen LogP contribution in [0.25, 0.3) is 0 Å². The minimum Gasteiger partial charge on any atom is -0.393 e. The number of amides is 1. The first-order valence-electron chi connectivity index (χ1n) is 7.89. The first-order valence-corrected chi connectivity index (χ1v) is 7.89. The first kappa shape index (κ1) is 16.0. The average Bonchev–Trinajstić information content (AvgIpc) is 2.84. The van der Waals surface area contributed by atoms with Crippen LogP contribution >= 0.6 is 0 Å². The third-order valence-electron chi connectivity index (χ3n) is 4.22. The Morgan fingerprint density at radius 3 is 2.67 bits per heavy atom. The van der Waals surface area contributed by atoms with E-state index < -0.39 is 0 Å². The van der Waals surface area contributed by atoms with Gasteiger partial charge in [0, 0.05) is 18.2 Å². The monoisotopic (exact) mass is 289 g/mol. The molecule has 2 unspecified atom stereocenters. The highest BCUT2D eigenvalue weighted by Gasteiger charge is 2.32. The first-order chi connectivity index (χ1) is 9.80. The van der Waals surface area contributed by atoms with Crippen molar-refractivity contribution in [3.8, 4) is 0 Å². The summed E-state index contributed by atoms with van der Waals surface area (Å²) < 4.78 is 0. The molecule has 21 heavy (non-hydrogen) atoms. The van der Waals surface area contributed by atoms with E-state index in [0.29, 0.717) is 6.42 Å². The summed E-state index contributed by atoms with van der Waals surface area (Å²) in [7, 11) is 0. The van der Waals surface area contributed by atoms with Gasteiger partial charge in [-0.25, -0.2) is 0 Å². The van der Waals surface area contributed by atoms with Crippen LogP contribution in [0.4, 0.5) is 0 Å². The van der Waals surface area contributed by atoms with Gasteiger partial charge in [0.05, 0.1) is 6.10 Å². The van der Waals surface area contributed by atoms with Crippen LogP contribution in [0.15, 0.2) is 24.3 Å². The van der Waals surface area contributed by atoms with E-state index in [1.807, 2.05) is 29.2 Å². The van der Waals surface area contributed by atoms with Crippen LogP contribution in [0.3, 0.4) is 0 Å². The maximum atomic E-state index is 13.0. The molecule has 1 amide bonds. The lowest BCUT2D eigenvalue weighted by molar-refractivity contribution is 0.0679. The van der Waals surface area contributed by atoms with Crippen LogP contribution in [0, 0.1) is 0 Å². The van der Waals surface area contributed by atoms with Crippen molar-refractivity contribution in [3.63, 3.8) is 0 Å². The summed E-state index contributed by atoms with van der Waals surface area (Å²) in [6, 6.07) is 8.08. The third-order valence-corrected chi connectivity index (χ3v) is 4.22. The zero-order chi connectivity index (χ0) is 15.6. The van der Waals surface area contributed by atoms with Gasteiger partial charge in [-0.15, -0.1) is 0 Å². The summed E-state index contributed by atoms with van der Waals surface area (Å²) in [5.41, 5.74) is 1.85. The van der Waals surface area contributed by atoms with Crippen molar-refractivity contribution in [2.24, 2.45) is 0 Å². The summed E-state index contributed by atoms with van der Waals surface area (Å²) in [5, 5.41) is 9.63. The fraction of sp³-hybridized carbons (Fsp3) is 0.611. The van der Waals surface area contributed by atoms with Crippen LogP contribution in [-0.4, -0.2) is 34.6 Å². The Kier molecular flexibility index (Phi) is 4.72. The van der Waals surface area contributed by atoms with Crippen molar-refractivity contribution in [2.75, 3.05) is 6.54 Å². The van der Waals surface area contributed by atoms with Gasteiger partial charge in [-0.1, -0.05) is 39.0 Å². The Labute approximate surface area is 128 Å². The predicted molar refractivity (Wildman–Crippen MR) is 85.5 cm³/mol. The summed E-state index contributed by atoms with van der Waals surface area (Å²) in [6.07, 6.45) is 2.33. The molecule has 116 valence electrons. The lowest BCUT2D eigenvalue weighted by atomic mass is 9.83. The van der Waals surface area contributed by atoms with E-state index in [-0.39, 0.29) is 23.5 Å². The molecular formula is C18H27NO2. The van der Waals surface area contributed by atoms with Gasteiger partial charge in [0.2, 0.25) is 0 Å². The molecule has 1 fully saturated rings. The molecule has 0 saturated carbocycles. The molecule has 0 aliphatic carbocycles. The lowest BCUT2D eigenvalue weighted by Gasteiger charge is -2.29. The fourth-order valence-corrected chi connectivity index (χ4v) is 3.22. The fourth-order valence-electron chi connectivity index (χ4n) is 3.22. The second-order valence-electron chi connectivity index (χ2n) is 7.17. The normalized spacial score (nSPS) is 20.6. The molecular weight excluding hydrogens is 262 g/mol. The number of nitrogens with zero attached hydrogens (tertiary/aromatic N) is 1. The second kappa shape index (κ2) is 6.18. The summed E-state index contributed by atoms with van der Waals surface area (Å²) >= 11 is 0. The molecule has 1 saturated heterocycles. The minimum absolute atomic E-state index is 0.0499. The summed E-state index contributed by atoms with van der Waals surface area (Å²) in [4.78, 5) is 14.9. The Hall–Kier alpha value is -1.35. The van der Waals surface area contributed by atoms with E-state index in [0.717, 1.165) is 30.5 Å². The van der Waals surface area contributed by atoms with Gasteiger partial charge in [-0.3, -0.25) is 4.79 Å². The van der Waals surface area contributed by atoms with E-state index in [1.54, 1.807) is 6.92 Å². The number of rotatable bonds is 3. The van der Waals surface area contributed by atoms with Gasteiger partial charge >= 0.3 is 0 Å². The van der Waals surface area contributed by atoms with Gasteiger partial charge in [0.25, 0.3) is 5.91 Å². The molecule has 1 aromatic carbocycles. The highest BCUT2D eigenvalue weighted by atomic mass is 16.3. The highest BCUT2D eigenvalue weighted by Crippen LogP contribution is 2.29. The van der Waals surface area contributed by atoms with Gasteiger partial charge < -0.3 is 10.0 Å². The highest BCUT2D eigenvalue weighted by molar-refractivity contribution is 5.96.